The summed E-state index contributed by atoms with van der Waals surface area (Å²) in [6, 6.07) is 12.5. The van der Waals surface area contributed by atoms with Crippen LogP contribution in [0.25, 0.3) is 0 Å². The molecule has 0 aliphatic carbocycles. The zero-order chi connectivity index (χ0) is 18.7. The number of ether oxygens (including phenoxy) is 2. The van der Waals surface area contributed by atoms with Gasteiger partial charge in [-0.25, -0.2) is 10.9 Å². The molecular formula is C19H22ClN3O3. The van der Waals surface area contributed by atoms with Crippen LogP contribution in [0.3, 0.4) is 0 Å². The number of methoxy groups -OCH3 is 2. The zero-order valence-electron chi connectivity index (χ0n) is 15.0. The Kier molecular flexibility index (Phi) is 5.66. The molecule has 0 spiro atoms. The Labute approximate surface area is 158 Å². The van der Waals surface area contributed by atoms with Crippen LogP contribution in [0.2, 0.25) is 5.02 Å². The third-order valence-electron chi connectivity index (χ3n) is 4.54. The normalized spacial score (nSPS) is 19.2. The minimum Gasteiger partial charge on any atom is -0.497 e. The number of anilines is 1. The van der Waals surface area contributed by atoms with E-state index in [-0.39, 0.29) is 18.0 Å². The molecule has 2 aromatic rings. The summed E-state index contributed by atoms with van der Waals surface area (Å²) in [4.78, 5) is 14.4. The Morgan fingerprint density at radius 2 is 1.96 bits per heavy atom. The van der Waals surface area contributed by atoms with Crippen molar-refractivity contribution in [2.45, 2.75) is 18.5 Å². The van der Waals surface area contributed by atoms with Crippen molar-refractivity contribution in [2.75, 3.05) is 26.2 Å². The number of carbonyl (C=O) groups excluding carboxylic acids is 1. The van der Waals surface area contributed by atoms with Crippen molar-refractivity contribution in [3.63, 3.8) is 0 Å². The smallest absolute Gasteiger partial charge is 0.245 e. The van der Waals surface area contributed by atoms with E-state index in [1.807, 2.05) is 30.3 Å². The molecule has 1 aliphatic rings. The van der Waals surface area contributed by atoms with Crippen LogP contribution in [0.4, 0.5) is 5.69 Å². The summed E-state index contributed by atoms with van der Waals surface area (Å²) >= 11 is 6.02. The van der Waals surface area contributed by atoms with Crippen LogP contribution in [0.15, 0.2) is 42.5 Å². The molecule has 3 rings (SSSR count). The number of benzene rings is 2. The summed E-state index contributed by atoms with van der Waals surface area (Å²) in [6.45, 7) is 0. The van der Waals surface area contributed by atoms with Gasteiger partial charge in [-0.2, -0.15) is 0 Å². The van der Waals surface area contributed by atoms with E-state index < -0.39 is 0 Å². The van der Waals surface area contributed by atoms with Gasteiger partial charge in [0.05, 0.1) is 20.3 Å². The van der Waals surface area contributed by atoms with E-state index in [2.05, 4.69) is 10.9 Å². The average Bonchev–Trinajstić information content (AvgIpc) is 3.16. The van der Waals surface area contributed by atoms with Gasteiger partial charge in [-0.1, -0.05) is 23.7 Å². The fraction of sp³-hybridized carbons (Fsp3) is 0.316. The lowest BCUT2D eigenvalue weighted by molar-refractivity contribution is -0.120. The highest BCUT2D eigenvalue weighted by atomic mass is 35.5. The van der Waals surface area contributed by atoms with Gasteiger partial charge in [0.1, 0.15) is 17.5 Å². The van der Waals surface area contributed by atoms with E-state index >= 15 is 0 Å². The van der Waals surface area contributed by atoms with Gasteiger partial charge >= 0.3 is 0 Å². The number of nitrogens with zero attached hydrogens (tertiary/aromatic N) is 1. The van der Waals surface area contributed by atoms with Gasteiger partial charge in [-0.3, -0.25) is 4.79 Å². The lowest BCUT2D eigenvalue weighted by Crippen LogP contribution is -2.44. The lowest BCUT2D eigenvalue weighted by Gasteiger charge is -2.21. The maximum atomic E-state index is 12.8. The first kappa shape index (κ1) is 18.5. The number of amides is 1. The summed E-state index contributed by atoms with van der Waals surface area (Å²) in [5.74, 6) is 1.42. The van der Waals surface area contributed by atoms with Crippen LogP contribution in [-0.4, -0.2) is 33.2 Å². The highest BCUT2D eigenvalue weighted by Crippen LogP contribution is 2.33. The highest BCUT2D eigenvalue weighted by molar-refractivity contribution is 6.30. The molecule has 1 fully saturated rings. The quantitative estimate of drug-likeness (QED) is 0.841. The minimum atomic E-state index is -0.351. The van der Waals surface area contributed by atoms with Crippen molar-refractivity contribution in [1.82, 2.24) is 10.9 Å². The van der Waals surface area contributed by atoms with Crippen LogP contribution in [-0.2, 0) is 4.79 Å². The van der Waals surface area contributed by atoms with Crippen LogP contribution < -0.4 is 25.2 Å². The van der Waals surface area contributed by atoms with Gasteiger partial charge in [-0.15, -0.1) is 0 Å². The first-order chi connectivity index (χ1) is 12.5. The second kappa shape index (κ2) is 7.95. The van der Waals surface area contributed by atoms with E-state index in [1.165, 1.54) is 0 Å². The molecule has 2 unspecified atom stereocenters. The average molecular weight is 376 g/mol. The molecule has 0 aromatic heterocycles. The van der Waals surface area contributed by atoms with Crippen molar-refractivity contribution in [1.29, 1.82) is 0 Å². The number of hydrogen-bond donors (Lipinski definition) is 2. The molecule has 26 heavy (non-hydrogen) atoms. The molecule has 1 heterocycles. The van der Waals surface area contributed by atoms with Gasteiger partial charge in [0.2, 0.25) is 5.91 Å². The number of likely N-dealkylation sites (N-methyl/N-ethyl adjacent to an activating group) is 1. The van der Waals surface area contributed by atoms with Crippen molar-refractivity contribution >= 4 is 23.2 Å². The first-order valence-corrected chi connectivity index (χ1v) is 8.67. The molecule has 0 bridgehead atoms. The van der Waals surface area contributed by atoms with Crippen molar-refractivity contribution in [3.8, 4) is 11.5 Å². The SMILES string of the molecule is COc1ccc(C2CC(C(=O)N(C)c3cccc(Cl)c3)NN2)c(OC)c1. The predicted molar refractivity (Wildman–Crippen MR) is 102 cm³/mol. The third-order valence-corrected chi connectivity index (χ3v) is 4.78. The summed E-state index contributed by atoms with van der Waals surface area (Å²) in [7, 11) is 4.98. The molecule has 1 saturated heterocycles. The Morgan fingerprint density at radius 3 is 2.65 bits per heavy atom. The molecule has 1 amide bonds. The van der Waals surface area contributed by atoms with Crippen molar-refractivity contribution in [3.05, 3.63) is 53.1 Å². The molecule has 2 N–H and O–H groups in total. The molecule has 6 nitrogen and oxygen atoms in total. The van der Waals surface area contributed by atoms with Crippen LogP contribution in [0.1, 0.15) is 18.0 Å². The second-order valence-electron chi connectivity index (χ2n) is 6.11. The zero-order valence-corrected chi connectivity index (χ0v) is 15.7. The van der Waals surface area contributed by atoms with Crippen LogP contribution in [0, 0.1) is 0 Å². The number of hydrogen-bond acceptors (Lipinski definition) is 5. The van der Waals surface area contributed by atoms with E-state index in [9.17, 15) is 4.79 Å². The number of hydrazine groups is 1. The number of rotatable bonds is 5. The maximum Gasteiger partial charge on any atom is 0.245 e. The van der Waals surface area contributed by atoms with Crippen molar-refractivity contribution < 1.29 is 14.3 Å². The Bertz CT molecular complexity index is 799. The molecular weight excluding hydrogens is 354 g/mol. The molecule has 2 atom stereocenters. The largest absolute Gasteiger partial charge is 0.497 e. The molecule has 2 aromatic carbocycles. The van der Waals surface area contributed by atoms with Gasteiger partial charge in [0, 0.05) is 29.4 Å². The number of nitrogens with one attached hydrogen (secondary N) is 2. The molecule has 138 valence electrons. The second-order valence-corrected chi connectivity index (χ2v) is 6.55. The van der Waals surface area contributed by atoms with Gasteiger partial charge in [-0.05, 0) is 30.7 Å². The number of halogens is 1. The van der Waals surface area contributed by atoms with Crippen molar-refractivity contribution in [2.24, 2.45) is 0 Å². The highest BCUT2D eigenvalue weighted by Gasteiger charge is 2.33. The van der Waals surface area contributed by atoms with Gasteiger partial charge < -0.3 is 14.4 Å². The Hall–Kier alpha value is -2.28. The van der Waals surface area contributed by atoms with E-state index in [1.54, 1.807) is 38.3 Å². The third kappa shape index (κ3) is 3.77. The number of carbonyl (C=O) groups is 1. The van der Waals surface area contributed by atoms with E-state index in [0.29, 0.717) is 11.4 Å². The summed E-state index contributed by atoms with van der Waals surface area (Å²) in [6.07, 6.45) is 0.604. The standard InChI is InChI=1S/C19H22ClN3O3/c1-23(13-6-4-5-12(20)9-13)19(24)17-11-16(21-22-17)15-8-7-14(25-2)10-18(15)26-3/h4-10,16-17,21-22H,11H2,1-3H3. The molecule has 7 heteroatoms. The summed E-state index contributed by atoms with van der Waals surface area (Å²) in [5.41, 5.74) is 8.01. The lowest BCUT2D eigenvalue weighted by atomic mass is 10.00. The molecule has 0 radical (unpaired) electrons. The van der Waals surface area contributed by atoms with Gasteiger partial charge in [0.15, 0.2) is 0 Å². The fourth-order valence-electron chi connectivity index (χ4n) is 3.07. The predicted octanol–water partition coefficient (Wildman–Crippen LogP) is 2.93. The minimum absolute atomic E-state index is 0.0326. The Morgan fingerprint density at radius 1 is 1.15 bits per heavy atom. The summed E-state index contributed by atoms with van der Waals surface area (Å²) in [5, 5.41) is 0.598. The topological polar surface area (TPSA) is 62.8 Å². The first-order valence-electron chi connectivity index (χ1n) is 8.29. The molecule has 1 aliphatic heterocycles. The monoisotopic (exact) mass is 375 g/mol. The van der Waals surface area contributed by atoms with E-state index in [4.69, 9.17) is 21.1 Å². The Balaban J connectivity index is 1.73. The van der Waals surface area contributed by atoms with Crippen LogP contribution in [0.5, 0.6) is 11.5 Å². The maximum absolute atomic E-state index is 12.8. The van der Waals surface area contributed by atoms with E-state index in [0.717, 1.165) is 22.7 Å². The fourth-order valence-corrected chi connectivity index (χ4v) is 3.26. The summed E-state index contributed by atoms with van der Waals surface area (Å²) < 4.78 is 10.7. The van der Waals surface area contributed by atoms with Crippen LogP contribution >= 0.6 is 11.6 Å². The molecule has 0 saturated carbocycles. The van der Waals surface area contributed by atoms with Gasteiger partial charge in [0.25, 0.3) is 0 Å².